The number of likely N-dealkylation sites (tertiary alicyclic amines) is 1. The molecule has 1 saturated heterocycles. The van der Waals surface area contributed by atoms with Gasteiger partial charge in [-0.05, 0) is 53.9 Å². The van der Waals surface area contributed by atoms with Crippen molar-refractivity contribution in [2.45, 2.75) is 12.5 Å². The monoisotopic (exact) mass is 531 g/mol. The van der Waals surface area contributed by atoms with Crippen LogP contribution in [-0.4, -0.2) is 45.3 Å². The topological polar surface area (TPSA) is 95.5 Å². The molecule has 0 spiro atoms. The van der Waals surface area contributed by atoms with Gasteiger partial charge in [0.2, 0.25) is 0 Å². The van der Waals surface area contributed by atoms with E-state index in [2.05, 4.69) is 25.9 Å². The number of ketones is 1. The fourth-order valence-corrected chi connectivity index (χ4v) is 4.75. The molecule has 0 radical (unpaired) electrons. The lowest BCUT2D eigenvalue weighted by molar-refractivity contribution is -0.139. The van der Waals surface area contributed by atoms with Crippen LogP contribution in [0.15, 0.2) is 83.2 Å². The average molecular weight is 532 g/mol. The second-order valence-electron chi connectivity index (χ2n) is 8.26. The minimum absolute atomic E-state index is 0.0610. The van der Waals surface area contributed by atoms with Gasteiger partial charge < -0.3 is 19.7 Å². The Labute approximate surface area is 210 Å². The number of pyridine rings is 1. The number of H-pyrrole nitrogens is 1. The van der Waals surface area contributed by atoms with Crippen molar-refractivity contribution in [1.82, 2.24) is 14.9 Å². The zero-order chi connectivity index (χ0) is 24.5. The summed E-state index contributed by atoms with van der Waals surface area (Å²) in [6, 6.07) is 15.5. The fraction of sp³-hybridized carbons (Fsp3) is 0.148. The quantitative estimate of drug-likeness (QED) is 0.207. The molecule has 1 amide bonds. The van der Waals surface area contributed by atoms with E-state index < -0.39 is 17.7 Å². The summed E-state index contributed by atoms with van der Waals surface area (Å²) in [6.07, 6.45) is 5.66. The van der Waals surface area contributed by atoms with Crippen LogP contribution in [0.3, 0.4) is 0 Å². The van der Waals surface area contributed by atoms with E-state index in [1.807, 2.05) is 30.5 Å². The first-order valence-electron chi connectivity index (χ1n) is 11.1. The number of ether oxygens (including phenoxy) is 1. The molecule has 8 heteroatoms. The van der Waals surface area contributed by atoms with Crippen LogP contribution >= 0.6 is 15.9 Å². The number of aliphatic hydroxyl groups is 1. The zero-order valence-electron chi connectivity index (χ0n) is 18.9. The molecule has 35 heavy (non-hydrogen) atoms. The number of benzene rings is 2. The summed E-state index contributed by atoms with van der Waals surface area (Å²) in [5.74, 6) is -0.817. The number of rotatable bonds is 6. The number of Topliss-reactive ketones (excluding diaryl/α,β-unsaturated/α-hetero) is 1. The number of halogens is 1. The molecule has 0 bridgehead atoms. The molecule has 0 aliphatic carbocycles. The highest BCUT2D eigenvalue weighted by Gasteiger charge is 2.46. The molecule has 3 heterocycles. The maximum absolute atomic E-state index is 13.2. The highest BCUT2D eigenvalue weighted by molar-refractivity contribution is 9.10. The third-order valence-corrected chi connectivity index (χ3v) is 6.78. The predicted molar refractivity (Wildman–Crippen MR) is 136 cm³/mol. The average Bonchev–Trinajstić information content (AvgIpc) is 3.40. The lowest BCUT2D eigenvalue weighted by Gasteiger charge is -2.25. The summed E-state index contributed by atoms with van der Waals surface area (Å²) in [5.41, 5.74) is 3.14. The van der Waals surface area contributed by atoms with Crippen molar-refractivity contribution in [3.63, 3.8) is 0 Å². The van der Waals surface area contributed by atoms with E-state index in [1.165, 1.54) is 4.90 Å². The Kier molecular flexibility index (Phi) is 6.13. The Morgan fingerprint density at radius 3 is 2.69 bits per heavy atom. The Balaban J connectivity index is 1.54. The van der Waals surface area contributed by atoms with Gasteiger partial charge in [-0.2, -0.15) is 0 Å². The summed E-state index contributed by atoms with van der Waals surface area (Å²) in [7, 11) is 1.62. The molecule has 2 aromatic heterocycles. The fourth-order valence-electron chi connectivity index (χ4n) is 4.49. The van der Waals surface area contributed by atoms with E-state index >= 15 is 0 Å². The number of amides is 1. The molecule has 1 aliphatic heterocycles. The van der Waals surface area contributed by atoms with Crippen LogP contribution < -0.4 is 4.74 Å². The zero-order valence-corrected chi connectivity index (χ0v) is 20.5. The van der Waals surface area contributed by atoms with E-state index in [-0.39, 0.29) is 17.9 Å². The normalized spacial score (nSPS) is 17.3. The lowest BCUT2D eigenvalue weighted by atomic mass is 9.96. The van der Waals surface area contributed by atoms with Crippen molar-refractivity contribution in [2.75, 3.05) is 13.7 Å². The van der Waals surface area contributed by atoms with E-state index in [4.69, 9.17) is 4.74 Å². The highest BCUT2D eigenvalue weighted by Crippen LogP contribution is 2.39. The molecule has 0 unspecified atom stereocenters. The van der Waals surface area contributed by atoms with Crippen LogP contribution in [0.2, 0.25) is 0 Å². The predicted octanol–water partition coefficient (Wildman–Crippen LogP) is 5.00. The number of hydrogen-bond acceptors (Lipinski definition) is 5. The number of carbonyl (C=O) groups excluding carboxylic acids is 2. The molecule has 176 valence electrons. The molecule has 1 atom stereocenters. The highest BCUT2D eigenvalue weighted by atomic mass is 79.9. The summed E-state index contributed by atoms with van der Waals surface area (Å²) in [5, 5.41) is 12.1. The molecular formula is C27H22BrN3O4. The third-order valence-electron chi connectivity index (χ3n) is 6.25. The van der Waals surface area contributed by atoms with E-state index in [0.29, 0.717) is 17.5 Å². The van der Waals surface area contributed by atoms with Gasteiger partial charge in [-0.25, -0.2) is 0 Å². The molecule has 4 aromatic rings. The first kappa shape index (κ1) is 22.9. The Morgan fingerprint density at radius 2 is 1.97 bits per heavy atom. The maximum atomic E-state index is 13.2. The number of fused-ring (bicyclic) bond motifs is 1. The standard InChI is InChI=1S/C27H22BrN3O4/c1-35-20-8-9-22-21(13-20)17(15-30-22)10-12-31-24(18-3-2-11-29-14-18)23(26(33)27(31)34)25(32)16-4-6-19(28)7-5-16/h2-9,11,13-15,24,30,32H,10,12H2,1H3/t24-/m1/s1. The first-order chi connectivity index (χ1) is 17.0. The van der Waals surface area contributed by atoms with Gasteiger partial charge in [0, 0.05) is 46.1 Å². The molecule has 2 N–H and O–H groups in total. The van der Waals surface area contributed by atoms with Crippen LogP contribution in [0.4, 0.5) is 0 Å². The van der Waals surface area contributed by atoms with Crippen LogP contribution in [0, 0.1) is 0 Å². The molecule has 1 aliphatic rings. The minimum Gasteiger partial charge on any atom is -0.507 e. The van der Waals surface area contributed by atoms with Crippen molar-refractivity contribution < 1.29 is 19.4 Å². The number of nitrogens with one attached hydrogen (secondary N) is 1. The summed E-state index contributed by atoms with van der Waals surface area (Å²) in [4.78, 5) is 35.3. The third kappa shape index (κ3) is 4.21. The molecule has 2 aromatic carbocycles. The minimum atomic E-state index is -0.743. The Bertz CT molecular complexity index is 1440. The summed E-state index contributed by atoms with van der Waals surface area (Å²) < 4.78 is 6.19. The van der Waals surface area contributed by atoms with Crippen molar-refractivity contribution in [3.8, 4) is 5.75 Å². The number of nitrogens with zero attached hydrogens (tertiary/aromatic N) is 2. The molecule has 5 rings (SSSR count). The summed E-state index contributed by atoms with van der Waals surface area (Å²) >= 11 is 3.38. The van der Waals surface area contributed by atoms with Crippen LogP contribution in [0.1, 0.15) is 22.7 Å². The van der Waals surface area contributed by atoms with Crippen molar-refractivity contribution in [2.24, 2.45) is 0 Å². The number of carbonyl (C=O) groups is 2. The van der Waals surface area contributed by atoms with E-state index in [1.54, 1.807) is 49.8 Å². The van der Waals surface area contributed by atoms with Crippen LogP contribution in [0.25, 0.3) is 16.7 Å². The van der Waals surface area contributed by atoms with Gasteiger partial charge >= 0.3 is 0 Å². The van der Waals surface area contributed by atoms with Crippen LogP contribution in [0.5, 0.6) is 5.75 Å². The Hall–Kier alpha value is -3.91. The van der Waals surface area contributed by atoms with Gasteiger partial charge in [0.05, 0.1) is 18.7 Å². The van der Waals surface area contributed by atoms with Crippen molar-refractivity contribution in [1.29, 1.82) is 0 Å². The number of aromatic nitrogens is 2. The van der Waals surface area contributed by atoms with Gasteiger partial charge in [0.15, 0.2) is 0 Å². The lowest BCUT2D eigenvalue weighted by Crippen LogP contribution is -2.31. The summed E-state index contributed by atoms with van der Waals surface area (Å²) in [6.45, 7) is 0.283. The van der Waals surface area contributed by atoms with Gasteiger partial charge in [-0.3, -0.25) is 14.6 Å². The van der Waals surface area contributed by atoms with Crippen LogP contribution in [-0.2, 0) is 16.0 Å². The number of aliphatic hydroxyl groups excluding tert-OH is 1. The smallest absolute Gasteiger partial charge is 0.295 e. The SMILES string of the molecule is COc1ccc2[nH]cc(CCN3C(=O)C(=O)C(=C(O)c4ccc(Br)cc4)[C@H]3c3cccnc3)c2c1. The van der Waals surface area contributed by atoms with Crippen molar-refractivity contribution in [3.05, 3.63) is 99.9 Å². The van der Waals surface area contributed by atoms with Gasteiger partial charge in [0.25, 0.3) is 11.7 Å². The van der Waals surface area contributed by atoms with E-state index in [9.17, 15) is 14.7 Å². The molecule has 7 nitrogen and oxygen atoms in total. The first-order valence-corrected chi connectivity index (χ1v) is 11.9. The van der Waals surface area contributed by atoms with Gasteiger partial charge in [-0.15, -0.1) is 0 Å². The van der Waals surface area contributed by atoms with Gasteiger partial charge in [-0.1, -0.05) is 34.1 Å². The molecule has 0 saturated carbocycles. The number of hydrogen-bond donors (Lipinski definition) is 2. The molecule has 1 fully saturated rings. The second-order valence-corrected chi connectivity index (χ2v) is 9.18. The second kappa shape index (κ2) is 9.38. The molecular weight excluding hydrogens is 510 g/mol. The van der Waals surface area contributed by atoms with Gasteiger partial charge in [0.1, 0.15) is 11.5 Å². The van der Waals surface area contributed by atoms with Crippen molar-refractivity contribution >= 4 is 44.3 Å². The Morgan fingerprint density at radius 1 is 1.17 bits per heavy atom. The largest absolute Gasteiger partial charge is 0.507 e. The maximum Gasteiger partial charge on any atom is 0.295 e. The number of aromatic amines is 1. The number of methoxy groups -OCH3 is 1. The van der Waals surface area contributed by atoms with E-state index in [0.717, 1.165) is 26.7 Å².